The molecule has 0 aliphatic rings. The van der Waals surface area contributed by atoms with Gasteiger partial charge in [-0.3, -0.25) is 14.4 Å². The van der Waals surface area contributed by atoms with E-state index in [-0.39, 0.29) is 18.3 Å². The van der Waals surface area contributed by atoms with Gasteiger partial charge in [0.25, 0.3) is 5.91 Å². The van der Waals surface area contributed by atoms with Gasteiger partial charge in [-0.15, -0.1) is 12.4 Å². The molecule has 1 aromatic carbocycles. The van der Waals surface area contributed by atoms with Crippen LogP contribution in [-0.2, 0) is 7.05 Å². The number of aromatic nitrogens is 3. The topological polar surface area (TPSA) is 63.5 Å². The van der Waals surface area contributed by atoms with E-state index in [9.17, 15) is 4.79 Å². The molecule has 0 radical (unpaired) electrons. The van der Waals surface area contributed by atoms with E-state index in [0.29, 0.717) is 23.1 Å². The van der Waals surface area contributed by atoms with Crippen molar-refractivity contribution >= 4 is 45.0 Å². The number of halogens is 1. The molecule has 152 valence electrons. The van der Waals surface area contributed by atoms with E-state index >= 15 is 0 Å². The Morgan fingerprint density at radius 2 is 1.93 bits per heavy atom. The maximum atomic E-state index is 13.3. The summed E-state index contributed by atoms with van der Waals surface area (Å²) in [6, 6.07) is 3.92. The number of carbonyl (C=O) groups is 1. The molecule has 0 aliphatic heterocycles. The number of fused-ring (bicyclic) bond motifs is 1. The van der Waals surface area contributed by atoms with Crippen LogP contribution in [0.5, 0.6) is 5.75 Å². The summed E-state index contributed by atoms with van der Waals surface area (Å²) in [6.45, 7) is 5.20. The number of nitrogens with zero attached hydrogens (tertiary/aromatic N) is 5. The lowest BCUT2D eigenvalue weighted by molar-refractivity contribution is 0.0979. The Balaban J connectivity index is 0.00000280. The fraction of sp³-hybridized carbons (Fsp3) is 0.421. The highest BCUT2D eigenvalue weighted by Crippen LogP contribution is 2.36. The second-order valence-corrected chi connectivity index (χ2v) is 7.83. The van der Waals surface area contributed by atoms with E-state index in [1.807, 2.05) is 58.2 Å². The molecule has 0 saturated heterocycles. The summed E-state index contributed by atoms with van der Waals surface area (Å²) in [5.74, 6) is 0.581. The normalized spacial score (nSPS) is 11.0. The van der Waals surface area contributed by atoms with Crippen LogP contribution in [0.25, 0.3) is 10.2 Å². The van der Waals surface area contributed by atoms with Gasteiger partial charge in [0.1, 0.15) is 11.3 Å². The van der Waals surface area contributed by atoms with Gasteiger partial charge in [-0.25, -0.2) is 4.98 Å². The molecule has 1 amide bonds. The molecule has 3 aromatic rings. The molecule has 0 unspecified atom stereocenters. The standard InChI is InChI=1S/C19H25N5O2S.ClH/c1-12-7-8-14(26-6)16-17(12)27-19(20-16)24(10-9-22(3)4)18(25)15-13(2)11-23(5)21-15;/h7-8,11H,9-10H2,1-6H3;1H. The first-order valence-corrected chi connectivity index (χ1v) is 9.54. The Bertz CT molecular complexity index is 982. The van der Waals surface area contributed by atoms with Crippen molar-refractivity contribution in [3.8, 4) is 5.75 Å². The molecule has 7 nitrogen and oxygen atoms in total. The predicted molar refractivity (Wildman–Crippen MR) is 116 cm³/mol. The lowest BCUT2D eigenvalue weighted by atomic mass is 10.2. The molecule has 0 atom stereocenters. The SMILES string of the molecule is COc1ccc(C)c2sc(N(CCN(C)C)C(=O)c3nn(C)cc3C)nc12.Cl. The number of aryl methyl sites for hydroxylation is 3. The van der Waals surface area contributed by atoms with Crippen molar-refractivity contribution < 1.29 is 9.53 Å². The first-order chi connectivity index (χ1) is 12.8. The van der Waals surface area contributed by atoms with Crippen LogP contribution >= 0.6 is 23.7 Å². The number of hydrogen-bond acceptors (Lipinski definition) is 6. The summed E-state index contributed by atoms with van der Waals surface area (Å²) < 4.78 is 8.16. The van der Waals surface area contributed by atoms with E-state index in [1.54, 1.807) is 16.7 Å². The number of ether oxygens (including phenoxy) is 1. The largest absolute Gasteiger partial charge is 0.494 e. The van der Waals surface area contributed by atoms with Gasteiger partial charge in [-0.1, -0.05) is 17.4 Å². The number of rotatable bonds is 6. The highest BCUT2D eigenvalue weighted by atomic mass is 35.5. The van der Waals surface area contributed by atoms with Crippen molar-refractivity contribution in [1.82, 2.24) is 19.7 Å². The monoisotopic (exact) mass is 423 g/mol. The Hall–Kier alpha value is -2.16. The fourth-order valence-electron chi connectivity index (χ4n) is 2.91. The van der Waals surface area contributed by atoms with Gasteiger partial charge in [-0.05, 0) is 39.6 Å². The zero-order valence-corrected chi connectivity index (χ0v) is 18.6. The molecule has 9 heteroatoms. The van der Waals surface area contributed by atoms with Crippen LogP contribution < -0.4 is 9.64 Å². The molecule has 0 aliphatic carbocycles. The van der Waals surface area contributed by atoms with Crippen molar-refractivity contribution in [2.45, 2.75) is 13.8 Å². The van der Waals surface area contributed by atoms with Gasteiger partial charge in [0, 0.05) is 31.9 Å². The number of carbonyl (C=O) groups excluding carboxylic acids is 1. The van der Waals surface area contributed by atoms with Crippen LogP contribution in [0.3, 0.4) is 0 Å². The van der Waals surface area contributed by atoms with E-state index in [2.05, 4.69) is 5.10 Å². The van der Waals surface area contributed by atoms with Crippen LogP contribution in [0.4, 0.5) is 5.13 Å². The Kier molecular flexibility index (Phi) is 7.03. The molecule has 0 bridgehead atoms. The summed E-state index contributed by atoms with van der Waals surface area (Å²) in [7, 11) is 7.43. The van der Waals surface area contributed by atoms with Crippen LogP contribution in [0, 0.1) is 13.8 Å². The molecular formula is C19H26ClN5O2S. The molecule has 0 spiro atoms. The lowest BCUT2D eigenvalue weighted by Crippen LogP contribution is -2.37. The van der Waals surface area contributed by atoms with Gasteiger partial charge in [0.15, 0.2) is 10.8 Å². The molecular weight excluding hydrogens is 398 g/mol. The van der Waals surface area contributed by atoms with Crippen LogP contribution in [-0.4, -0.2) is 59.9 Å². The third-order valence-corrected chi connectivity index (χ3v) is 5.59. The number of anilines is 1. The number of amides is 1. The quantitative estimate of drug-likeness (QED) is 0.608. The molecule has 0 N–H and O–H groups in total. The maximum Gasteiger partial charge on any atom is 0.280 e. The Labute approximate surface area is 175 Å². The van der Waals surface area contributed by atoms with Crippen molar-refractivity contribution in [2.24, 2.45) is 7.05 Å². The van der Waals surface area contributed by atoms with Gasteiger partial charge >= 0.3 is 0 Å². The predicted octanol–water partition coefficient (Wildman–Crippen LogP) is 3.29. The van der Waals surface area contributed by atoms with Crippen molar-refractivity contribution in [3.05, 3.63) is 35.2 Å². The number of benzene rings is 1. The van der Waals surface area contributed by atoms with Crippen molar-refractivity contribution in [3.63, 3.8) is 0 Å². The first kappa shape index (κ1) is 22.1. The van der Waals surface area contributed by atoms with E-state index < -0.39 is 0 Å². The Morgan fingerprint density at radius 3 is 2.50 bits per heavy atom. The average Bonchev–Trinajstić information content (AvgIpc) is 3.19. The Morgan fingerprint density at radius 1 is 1.21 bits per heavy atom. The highest BCUT2D eigenvalue weighted by molar-refractivity contribution is 7.22. The van der Waals surface area contributed by atoms with Gasteiger partial charge in [-0.2, -0.15) is 5.10 Å². The molecule has 0 fully saturated rings. The minimum absolute atomic E-state index is 0. The average molecular weight is 424 g/mol. The fourth-order valence-corrected chi connectivity index (χ4v) is 3.98. The zero-order chi connectivity index (χ0) is 19.7. The van der Waals surface area contributed by atoms with Crippen LogP contribution in [0.1, 0.15) is 21.6 Å². The van der Waals surface area contributed by atoms with Crippen LogP contribution in [0.2, 0.25) is 0 Å². The van der Waals surface area contributed by atoms with E-state index in [4.69, 9.17) is 9.72 Å². The van der Waals surface area contributed by atoms with E-state index in [0.717, 1.165) is 27.9 Å². The smallest absolute Gasteiger partial charge is 0.280 e. The number of likely N-dealkylation sites (N-methyl/N-ethyl adjacent to an activating group) is 1. The molecule has 3 rings (SSSR count). The number of hydrogen-bond donors (Lipinski definition) is 0. The number of methoxy groups -OCH3 is 1. The molecule has 2 aromatic heterocycles. The third kappa shape index (κ3) is 4.29. The molecule has 2 heterocycles. The summed E-state index contributed by atoms with van der Waals surface area (Å²) in [6.07, 6.45) is 1.85. The number of thiazole rings is 1. The second kappa shape index (κ2) is 8.89. The highest BCUT2D eigenvalue weighted by Gasteiger charge is 2.26. The minimum Gasteiger partial charge on any atom is -0.494 e. The maximum absolute atomic E-state index is 13.3. The molecule has 0 saturated carbocycles. The summed E-state index contributed by atoms with van der Waals surface area (Å²) in [5, 5.41) is 5.01. The first-order valence-electron chi connectivity index (χ1n) is 8.72. The van der Waals surface area contributed by atoms with Crippen LogP contribution in [0.15, 0.2) is 18.3 Å². The summed E-state index contributed by atoms with van der Waals surface area (Å²) >= 11 is 1.51. The lowest BCUT2D eigenvalue weighted by Gasteiger charge is -2.21. The zero-order valence-electron chi connectivity index (χ0n) is 17.0. The molecule has 28 heavy (non-hydrogen) atoms. The van der Waals surface area contributed by atoms with Gasteiger partial charge < -0.3 is 9.64 Å². The van der Waals surface area contributed by atoms with Gasteiger partial charge in [0.2, 0.25) is 0 Å². The summed E-state index contributed by atoms with van der Waals surface area (Å²) in [4.78, 5) is 21.8. The van der Waals surface area contributed by atoms with Gasteiger partial charge in [0.05, 0.1) is 11.8 Å². The van der Waals surface area contributed by atoms with Crippen molar-refractivity contribution in [2.75, 3.05) is 39.2 Å². The summed E-state index contributed by atoms with van der Waals surface area (Å²) in [5.41, 5.74) is 3.22. The van der Waals surface area contributed by atoms with Crippen molar-refractivity contribution in [1.29, 1.82) is 0 Å². The minimum atomic E-state index is -0.134. The van der Waals surface area contributed by atoms with E-state index in [1.165, 1.54) is 11.3 Å². The third-order valence-electron chi connectivity index (χ3n) is 4.37. The second-order valence-electron chi connectivity index (χ2n) is 6.85.